The SMILES string of the molecule is COc1ccccc1CCNc1nc(C)cc(C(=O)Nc2c(C)cccc2C)n1. The average molecular weight is 390 g/mol. The molecule has 1 aromatic heterocycles. The number of methoxy groups -OCH3 is 1. The van der Waals surface area contributed by atoms with E-state index in [1.54, 1.807) is 13.2 Å². The summed E-state index contributed by atoms with van der Waals surface area (Å²) in [6.45, 7) is 6.42. The number of carbonyl (C=O) groups excluding carboxylic acids is 1. The van der Waals surface area contributed by atoms with Gasteiger partial charge in [0.1, 0.15) is 11.4 Å². The van der Waals surface area contributed by atoms with E-state index in [-0.39, 0.29) is 5.91 Å². The highest BCUT2D eigenvalue weighted by molar-refractivity contribution is 6.03. The molecule has 1 amide bonds. The number of rotatable bonds is 7. The normalized spacial score (nSPS) is 10.5. The summed E-state index contributed by atoms with van der Waals surface area (Å²) in [7, 11) is 1.66. The van der Waals surface area contributed by atoms with Gasteiger partial charge in [-0.25, -0.2) is 9.97 Å². The first kappa shape index (κ1) is 20.3. The quantitative estimate of drug-likeness (QED) is 0.628. The van der Waals surface area contributed by atoms with Gasteiger partial charge in [0, 0.05) is 17.9 Å². The van der Waals surface area contributed by atoms with Crippen LogP contribution in [0.4, 0.5) is 11.6 Å². The summed E-state index contributed by atoms with van der Waals surface area (Å²) in [4.78, 5) is 21.6. The lowest BCUT2D eigenvalue weighted by molar-refractivity contribution is 0.102. The number of para-hydroxylation sites is 2. The maximum absolute atomic E-state index is 12.8. The number of anilines is 2. The van der Waals surface area contributed by atoms with Gasteiger partial charge in [0.2, 0.25) is 5.95 Å². The van der Waals surface area contributed by atoms with Gasteiger partial charge in [-0.3, -0.25) is 4.79 Å². The molecule has 0 bridgehead atoms. The van der Waals surface area contributed by atoms with Crippen LogP contribution in [0.5, 0.6) is 5.75 Å². The molecular formula is C23H26N4O2. The second-order valence-corrected chi connectivity index (χ2v) is 6.93. The van der Waals surface area contributed by atoms with E-state index in [4.69, 9.17) is 4.74 Å². The highest BCUT2D eigenvalue weighted by Gasteiger charge is 2.13. The van der Waals surface area contributed by atoms with Gasteiger partial charge in [0.05, 0.1) is 7.11 Å². The summed E-state index contributed by atoms with van der Waals surface area (Å²) in [5.74, 6) is 1.04. The van der Waals surface area contributed by atoms with Crippen molar-refractivity contribution in [2.24, 2.45) is 0 Å². The molecule has 2 aromatic carbocycles. The first-order valence-electron chi connectivity index (χ1n) is 9.57. The zero-order valence-corrected chi connectivity index (χ0v) is 17.2. The van der Waals surface area contributed by atoms with Gasteiger partial charge < -0.3 is 15.4 Å². The first-order chi connectivity index (χ1) is 14.0. The number of nitrogens with zero attached hydrogens (tertiary/aromatic N) is 2. The molecule has 0 unspecified atom stereocenters. The van der Waals surface area contributed by atoms with E-state index in [9.17, 15) is 4.79 Å². The van der Waals surface area contributed by atoms with Crippen molar-refractivity contribution < 1.29 is 9.53 Å². The van der Waals surface area contributed by atoms with Gasteiger partial charge in [-0.1, -0.05) is 36.4 Å². The molecule has 0 fully saturated rings. The Morgan fingerprint density at radius 2 is 1.72 bits per heavy atom. The third kappa shape index (κ3) is 5.10. The van der Waals surface area contributed by atoms with E-state index in [2.05, 4.69) is 20.6 Å². The zero-order chi connectivity index (χ0) is 20.8. The number of carbonyl (C=O) groups is 1. The molecule has 3 rings (SSSR count). The molecule has 0 atom stereocenters. The van der Waals surface area contributed by atoms with Crippen molar-refractivity contribution in [3.05, 3.63) is 76.6 Å². The summed E-state index contributed by atoms with van der Waals surface area (Å²) < 4.78 is 5.38. The smallest absolute Gasteiger partial charge is 0.274 e. The molecule has 0 aliphatic heterocycles. The maximum Gasteiger partial charge on any atom is 0.274 e. The molecule has 29 heavy (non-hydrogen) atoms. The fourth-order valence-corrected chi connectivity index (χ4v) is 3.17. The van der Waals surface area contributed by atoms with Crippen molar-refractivity contribution in [2.75, 3.05) is 24.3 Å². The highest BCUT2D eigenvalue weighted by atomic mass is 16.5. The molecular weight excluding hydrogens is 364 g/mol. The first-order valence-corrected chi connectivity index (χ1v) is 9.57. The molecule has 6 heteroatoms. The lowest BCUT2D eigenvalue weighted by atomic mass is 10.1. The monoisotopic (exact) mass is 390 g/mol. The summed E-state index contributed by atoms with van der Waals surface area (Å²) in [5, 5.41) is 6.18. The molecule has 6 nitrogen and oxygen atoms in total. The van der Waals surface area contributed by atoms with Gasteiger partial charge in [-0.15, -0.1) is 0 Å². The number of ether oxygens (including phenoxy) is 1. The molecule has 0 saturated heterocycles. The number of hydrogen-bond donors (Lipinski definition) is 2. The van der Waals surface area contributed by atoms with E-state index >= 15 is 0 Å². The standard InChI is InChI=1S/C23H26N4O2/c1-15-8-7-9-16(2)21(15)27-22(28)19-14-17(3)25-23(26-19)24-13-12-18-10-5-6-11-20(18)29-4/h5-11,14H,12-13H2,1-4H3,(H,27,28)(H,24,25,26). The summed E-state index contributed by atoms with van der Waals surface area (Å²) in [6.07, 6.45) is 0.755. The molecule has 2 N–H and O–H groups in total. The molecule has 0 saturated carbocycles. The zero-order valence-electron chi connectivity index (χ0n) is 17.2. The molecule has 0 radical (unpaired) electrons. The van der Waals surface area contributed by atoms with Crippen LogP contribution in [0.2, 0.25) is 0 Å². The predicted octanol–water partition coefficient (Wildman–Crippen LogP) is 4.32. The van der Waals surface area contributed by atoms with Crippen molar-refractivity contribution >= 4 is 17.5 Å². The van der Waals surface area contributed by atoms with Crippen LogP contribution in [-0.4, -0.2) is 29.5 Å². The highest BCUT2D eigenvalue weighted by Crippen LogP contribution is 2.21. The topological polar surface area (TPSA) is 76.1 Å². The number of aryl methyl sites for hydroxylation is 3. The molecule has 0 aliphatic carbocycles. The van der Waals surface area contributed by atoms with Crippen LogP contribution in [0.15, 0.2) is 48.5 Å². The van der Waals surface area contributed by atoms with Crippen LogP contribution >= 0.6 is 0 Å². The van der Waals surface area contributed by atoms with Crippen LogP contribution in [0.25, 0.3) is 0 Å². The third-order valence-electron chi connectivity index (χ3n) is 4.68. The van der Waals surface area contributed by atoms with Crippen molar-refractivity contribution in [3.8, 4) is 5.75 Å². The minimum absolute atomic E-state index is 0.249. The van der Waals surface area contributed by atoms with Crippen LogP contribution < -0.4 is 15.4 Å². The lowest BCUT2D eigenvalue weighted by Crippen LogP contribution is -2.18. The van der Waals surface area contributed by atoms with E-state index in [1.165, 1.54) is 0 Å². The Balaban J connectivity index is 1.70. The molecule has 150 valence electrons. The van der Waals surface area contributed by atoms with Gasteiger partial charge in [0.25, 0.3) is 5.91 Å². The van der Waals surface area contributed by atoms with Crippen LogP contribution in [0, 0.1) is 20.8 Å². The largest absolute Gasteiger partial charge is 0.496 e. The van der Waals surface area contributed by atoms with E-state index in [1.807, 2.05) is 63.2 Å². The Bertz CT molecular complexity index is 997. The Morgan fingerprint density at radius 3 is 2.45 bits per heavy atom. The summed E-state index contributed by atoms with van der Waals surface area (Å²) in [6, 6.07) is 15.5. The van der Waals surface area contributed by atoms with Crippen LogP contribution in [0.3, 0.4) is 0 Å². The Morgan fingerprint density at radius 1 is 1.00 bits per heavy atom. The second kappa shape index (κ2) is 9.19. The van der Waals surface area contributed by atoms with Gasteiger partial charge >= 0.3 is 0 Å². The van der Waals surface area contributed by atoms with Crippen molar-refractivity contribution in [2.45, 2.75) is 27.2 Å². The van der Waals surface area contributed by atoms with Crippen molar-refractivity contribution in [1.29, 1.82) is 0 Å². The number of benzene rings is 2. The number of amides is 1. The van der Waals surface area contributed by atoms with E-state index < -0.39 is 0 Å². The Hall–Kier alpha value is -3.41. The van der Waals surface area contributed by atoms with Gasteiger partial charge in [-0.05, 0) is 56.0 Å². The second-order valence-electron chi connectivity index (χ2n) is 6.93. The van der Waals surface area contributed by atoms with E-state index in [0.717, 1.165) is 40.2 Å². The molecule has 1 heterocycles. The predicted molar refractivity (Wildman–Crippen MR) is 116 cm³/mol. The molecule has 0 aliphatic rings. The van der Waals surface area contributed by atoms with Crippen molar-refractivity contribution in [3.63, 3.8) is 0 Å². The minimum Gasteiger partial charge on any atom is -0.496 e. The average Bonchev–Trinajstić information content (AvgIpc) is 2.70. The van der Waals surface area contributed by atoms with Crippen LogP contribution in [0.1, 0.15) is 32.9 Å². The minimum atomic E-state index is -0.249. The van der Waals surface area contributed by atoms with E-state index in [0.29, 0.717) is 18.2 Å². The summed E-state index contributed by atoms with van der Waals surface area (Å²) >= 11 is 0. The lowest BCUT2D eigenvalue weighted by Gasteiger charge is -2.12. The Labute approximate surface area is 171 Å². The summed E-state index contributed by atoms with van der Waals surface area (Å²) in [5.41, 5.74) is 5.01. The number of aromatic nitrogens is 2. The molecule has 0 spiro atoms. The van der Waals surface area contributed by atoms with Crippen molar-refractivity contribution in [1.82, 2.24) is 9.97 Å². The Kier molecular flexibility index (Phi) is 6.44. The maximum atomic E-state index is 12.8. The van der Waals surface area contributed by atoms with Gasteiger partial charge in [-0.2, -0.15) is 0 Å². The molecule has 3 aromatic rings. The fraction of sp³-hybridized carbons (Fsp3) is 0.261. The fourth-order valence-electron chi connectivity index (χ4n) is 3.17. The number of nitrogens with one attached hydrogen (secondary N) is 2. The van der Waals surface area contributed by atoms with Gasteiger partial charge in [0.15, 0.2) is 0 Å². The third-order valence-corrected chi connectivity index (χ3v) is 4.68. The van der Waals surface area contributed by atoms with Crippen LogP contribution in [-0.2, 0) is 6.42 Å². The number of hydrogen-bond acceptors (Lipinski definition) is 5.